The summed E-state index contributed by atoms with van der Waals surface area (Å²) >= 11 is 0. The Labute approximate surface area is 120 Å². The van der Waals surface area contributed by atoms with E-state index in [0.717, 1.165) is 50.1 Å². The van der Waals surface area contributed by atoms with E-state index < -0.39 is 0 Å². The number of amides is 1. The van der Waals surface area contributed by atoms with Gasteiger partial charge in [-0.1, -0.05) is 0 Å². The van der Waals surface area contributed by atoms with Crippen LogP contribution >= 0.6 is 0 Å². The Morgan fingerprint density at radius 2 is 1.60 bits per heavy atom. The second kappa shape index (κ2) is 4.64. The number of hydrogen-bond acceptors (Lipinski definition) is 1. The van der Waals surface area contributed by atoms with Crippen molar-refractivity contribution in [2.75, 3.05) is 6.54 Å². The molecular weight excluding hydrogens is 248 g/mol. The van der Waals surface area contributed by atoms with Gasteiger partial charge in [0.1, 0.15) is 0 Å². The molecule has 3 heteroatoms. The molecule has 5 rings (SSSR count). The van der Waals surface area contributed by atoms with E-state index in [0.29, 0.717) is 5.91 Å². The number of carbonyl (C=O) groups is 1. The third kappa shape index (κ3) is 2.07. The van der Waals surface area contributed by atoms with Crippen LogP contribution in [0.3, 0.4) is 0 Å². The predicted molar refractivity (Wildman–Crippen MR) is 78.0 cm³/mol. The van der Waals surface area contributed by atoms with Gasteiger partial charge in [-0.3, -0.25) is 4.79 Å². The van der Waals surface area contributed by atoms with Crippen LogP contribution in [0.15, 0.2) is 24.5 Å². The SMILES string of the molecule is O=C(NCCn1cccc1)C12CC3CC(CC(C3)C1)C2. The average Bonchev–Trinajstić information content (AvgIpc) is 2.90. The molecule has 1 aromatic heterocycles. The molecule has 1 aromatic rings. The average molecular weight is 272 g/mol. The number of hydrogen-bond donors (Lipinski definition) is 1. The fourth-order valence-electron chi connectivity index (χ4n) is 5.39. The lowest BCUT2D eigenvalue weighted by Crippen LogP contribution is -2.53. The first-order valence-electron chi connectivity index (χ1n) is 8.13. The summed E-state index contributed by atoms with van der Waals surface area (Å²) in [6.07, 6.45) is 11.8. The molecule has 1 N–H and O–H groups in total. The maximum absolute atomic E-state index is 12.7. The first-order chi connectivity index (χ1) is 9.73. The van der Waals surface area contributed by atoms with E-state index >= 15 is 0 Å². The first kappa shape index (κ1) is 12.5. The van der Waals surface area contributed by atoms with Gasteiger partial charge in [0.15, 0.2) is 0 Å². The van der Waals surface area contributed by atoms with Crippen LogP contribution in [0.4, 0.5) is 0 Å². The summed E-state index contributed by atoms with van der Waals surface area (Å²) in [4.78, 5) is 12.7. The lowest BCUT2D eigenvalue weighted by Gasteiger charge is -2.55. The molecule has 0 atom stereocenters. The van der Waals surface area contributed by atoms with Crippen molar-refractivity contribution in [1.29, 1.82) is 0 Å². The number of aromatic nitrogens is 1. The molecule has 0 radical (unpaired) electrons. The Balaban J connectivity index is 1.38. The van der Waals surface area contributed by atoms with Crippen molar-refractivity contribution in [3.8, 4) is 0 Å². The van der Waals surface area contributed by atoms with Crippen LogP contribution in [-0.4, -0.2) is 17.0 Å². The van der Waals surface area contributed by atoms with E-state index in [1.54, 1.807) is 0 Å². The second-order valence-corrected chi connectivity index (χ2v) is 7.37. The third-order valence-electron chi connectivity index (χ3n) is 5.84. The van der Waals surface area contributed by atoms with Crippen molar-refractivity contribution in [2.24, 2.45) is 23.2 Å². The lowest BCUT2D eigenvalue weighted by molar-refractivity contribution is -0.146. The van der Waals surface area contributed by atoms with Crippen molar-refractivity contribution in [1.82, 2.24) is 9.88 Å². The molecule has 0 unspecified atom stereocenters. The Bertz CT molecular complexity index is 456. The molecule has 0 aromatic carbocycles. The van der Waals surface area contributed by atoms with Crippen molar-refractivity contribution >= 4 is 5.91 Å². The number of nitrogens with one attached hydrogen (secondary N) is 1. The molecule has 4 saturated carbocycles. The first-order valence-corrected chi connectivity index (χ1v) is 8.13. The van der Waals surface area contributed by atoms with Gasteiger partial charge >= 0.3 is 0 Å². The number of nitrogens with zero attached hydrogens (tertiary/aromatic N) is 1. The van der Waals surface area contributed by atoms with E-state index in [9.17, 15) is 4.79 Å². The summed E-state index contributed by atoms with van der Waals surface area (Å²) in [5.74, 6) is 2.88. The van der Waals surface area contributed by atoms with Crippen molar-refractivity contribution in [2.45, 2.75) is 45.1 Å². The van der Waals surface area contributed by atoms with Crippen LogP contribution in [0, 0.1) is 23.2 Å². The monoisotopic (exact) mass is 272 g/mol. The molecule has 1 amide bonds. The highest BCUT2D eigenvalue weighted by atomic mass is 16.2. The maximum Gasteiger partial charge on any atom is 0.226 e. The second-order valence-electron chi connectivity index (χ2n) is 7.37. The predicted octanol–water partition coefficient (Wildman–Crippen LogP) is 2.82. The van der Waals surface area contributed by atoms with Gasteiger partial charge in [-0.25, -0.2) is 0 Å². The molecular formula is C17H24N2O. The van der Waals surface area contributed by atoms with E-state index in [4.69, 9.17) is 0 Å². The van der Waals surface area contributed by atoms with E-state index in [1.807, 2.05) is 12.1 Å². The standard InChI is InChI=1S/C17H24N2O/c20-16(18-3-6-19-4-1-2-5-19)17-10-13-7-14(11-17)9-15(8-13)12-17/h1-2,4-5,13-15H,3,6-12H2,(H,18,20). The largest absolute Gasteiger partial charge is 0.354 e. The molecule has 4 bridgehead atoms. The molecule has 4 fully saturated rings. The minimum atomic E-state index is 0.00539. The fraction of sp³-hybridized carbons (Fsp3) is 0.706. The van der Waals surface area contributed by atoms with Gasteiger partial charge < -0.3 is 9.88 Å². The van der Waals surface area contributed by atoms with E-state index in [-0.39, 0.29) is 5.41 Å². The van der Waals surface area contributed by atoms with Crippen LogP contribution in [0.5, 0.6) is 0 Å². The lowest BCUT2D eigenvalue weighted by atomic mass is 9.49. The Kier molecular flexibility index (Phi) is 2.90. The zero-order valence-electron chi connectivity index (χ0n) is 12.1. The van der Waals surface area contributed by atoms with Gasteiger partial charge in [-0.15, -0.1) is 0 Å². The highest BCUT2D eigenvalue weighted by molar-refractivity contribution is 5.83. The van der Waals surface area contributed by atoms with Crippen molar-refractivity contribution in [3.05, 3.63) is 24.5 Å². The van der Waals surface area contributed by atoms with Gasteiger partial charge in [-0.05, 0) is 68.4 Å². The van der Waals surface area contributed by atoms with Crippen LogP contribution in [0.2, 0.25) is 0 Å². The minimum Gasteiger partial charge on any atom is -0.354 e. The molecule has 20 heavy (non-hydrogen) atoms. The summed E-state index contributed by atoms with van der Waals surface area (Å²) in [6, 6.07) is 4.06. The molecule has 108 valence electrons. The zero-order valence-corrected chi connectivity index (χ0v) is 12.1. The molecule has 0 aliphatic heterocycles. The Hall–Kier alpha value is -1.25. The molecule has 3 nitrogen and oxygen atoms in total. The summed E-state index contributed by atoms with van der Waals surface area (Å²) < 4.78 is 2.12. The molecule has 0 spiro atoms. The van der Waals surface area contributed by atoms with Crippen LogP contribution in [0.25, 0.3) is 0 Å². The van der Waals surface area contributed by atoms with E-state index in [1.165, 1.54) is 19.3 Å². The van der Waals surface area contributed by atoms with Gasteiger partial charge in [0.25, 0.3) is 0 Å². The van der Waals surface area contributed by atoms with Gasteiger partial charge in [0, 0.05) is 30.9 Å². The summed E-state index contributed by atoms with van der Waals surface area (Å²) in [7, 11) is 0. The molecule has 4 aliphatic rings. The zero-order chi connectivity index (χ0) is 13.6. The summed E-state index contributed by atoms with van der Waals surface area (Å²) in [6.45, 7) is 1.64. The van der Waals surface area contributed by atoms with Gasteiger partial charge in [0.05, 0.1) is 0 Å². The van der Waals surface area contributed by atoms with Crippen LogP contribution in [-0.2, 0) is 11.3 Å². The molecule has 1 heterocycles. The highest BCUT2D eigenvalue weighted by Gasteiger charge is 2.54. The molecule has 4 aliphatic carbocycles. The minimum absolute atomic E-state index is 0.00539. The molecule has 0 saturated heterocycles. The Morgan fingerprint density at radius 1 is 1.05 bits per heavy atom. The Morgan fingerprint density at radius 3 is 2.15 bits per heavy atom. The van der Waals surface area contributed by atoms with E-state index in [2.05, 4.69) is 22.3 Å². The van der Waals surface area contributed by atoms with Crippen LogP contribution < -0.4 is 5.32 Å². The van der Waals surface area contributed by atoms with Gasteiger partial charge in [0.2, 0.25) is 5.91 Å². The maximum atomic E-state index is 12.7. The van der Waals surface area contributed by atoms with Crippen molar-refractivity contribution < 1.29 is 4.79 Å². The third-order valence-corrected chi connectivity index (χ3v) is 5.84. The number of rotatable bonds is 4. The van der Waals surface area contributed by atoms with Crippen LogP contribution in [0.1, 0.15) is 38.5 Å². The summed E-state index contributed by atoms with van der Waals surface area (Å²) in [5, 5.41) is 3.22. The topological polar surface area (TPSA) is 34.0 Å². The van der Waals surface area contributed by atoms with Crippen molar-refractivity contribution in [3.63, 3.8) is 0 Å². The smallest absolute Gasteiger partial charge is 0.226 e. The highest BCUT2D eigenvalue weighted by Crippen LogP contribution is 2.60. The number of carbonyl (C=O) groups excluding carboxylic acids is 1. The quantitative estimate of drug-likeness (QED) is 0.898. The fourth-order valence-corrected chi connectivity index (χ4v) is 5.39. The van der Waals surface area contributed by atoms with Gasteiger partial charge in [-0.2, -0.15) is 0 Å². The summed E-state index contributed by atoms with van der Waals surface area (Å²) in [5.41, 5.74) is 0.00539. The normalized spacial score (nSPS) is 38.1.